The highest BCUT2D eigenvalue weighted by molar-refractivity contribution is 6.02. The zero-order valence-electron chi connectivity index (χ0n) is 16.0. The van der Waals surface area contributed by atoms with E-state index in [0.717, 1.165) is 0 Å². The number of fused-ring (bicyclic) bond motifs is 1. The predicted octanol–water partition coefficient (Wildman–Crippen LogP) is 3.27. The van der Waals surface area contributed by atoms with E-state index < -0.39 is 42.5 Å². The summed E-state index contributed by atoms with van der Waals surface area (Å²) in [6.45, 7) is 0.0338. The normalized spacial score (nSPS) is 21.5. The fourth-order valence-corrected chi connectivity index (χ4v) is 3.57. The van der Waals surface area contributed by atoms with Crippen molar-refractivity contribution >= 4 is 22.6 Å². The number of nitrogens with one attached hydrogen (secondary N) is 1. The Morgan fingerprint density at radius 3 is 2.67 bits per heavy atom. The number of carbonyl (C=O) groups is 2. The van der Waals surface area contributed by atoms with Crippen molar-refractivity contribution in [1.82, 2.24) is 5.32 Å². The van der Waals surface area contributed by atoms with Gasteiger partial charge in [0, 0.05) is 24.3 Å². The molecule has 3 rings (SSSR count). The van der Waals surface area contributed by atoms with E-state index in [1.807, 2.05) is 0 Å². The van der Waals surface area contributed by atoms with E-state index >= 15 is 0 Å². The summed E-state index contributed by atoms with van der Waals surface area (Å²) in [5, 5.41) is 3.57. The molecule has 0 bridgehead atoms. The molecule has 0 aromatic heterocycles. The van der Waals surface area contributed by atoms with Gasteiger partial charge in [-0.05, 0) is 23.6 Å². The Balaban J connectivity index is 1.70. The first kappa shape index (κ1) is 21.7. The maximum Gasteiger partial charge on any atom is 0.392 e. The molecule has 162 valence electrons. The summed E-state index contributed by atoms with van der Waals surface area (Å²) in [5.74, 6) is -1.19. The highest BCUT2D eigenvalue weighted by atomic mass is 19.4. The van der Waals surface area contributed by atoms with Gasteiger partial charge in [0.15, 0.2) is 5.67 Å². The van der Waals surface area contributed by atoms with Crippen molar-refractivity contribution in [2.75, 3.05) is 13.7 Å². The molecule has 1 fully saturated rings. The summed E-state index contributed by atoms with van der Waals surface area (Å²) in [4.78, 5) is 23.2. The summed E-state index contributed by atoms with van der Waals surface area (Å²) in [6, 6.07) is 7.51. The molecule has 2 aromatic rings. The number of ether oxygens (including phenoxy) is 2. The van der Waals surface area contributed by atoms with Gasteiger partial charge < -0.3 is 20.5 Å². The monoisotopic (exact) mass is 428 g/mol. The van der Waals surface area contributed by atoms with Crippen LogP contribution in [0, 0.1) is 0 Å². The van der Waals surface area contributed by atoms with Crippen molar-refractivity contribution < 1.29 is 36.6 Å². The number of nitrogens with two attached hydrogens (primary N) is 1. The Hall–Kier alpha value is -3.04. The van der Waals surface area contributed by atoms with E-state index in [4.69, 9.17) is 15.2 Å². The second-order valence-corrected chi connectivity index (χ2v) is 7.16. The fraction of sp³-hybridized carbons (Fsp3) is 0.400. The largest absolute Gasteiger partial charge is 0.496 e. The lowest BCUT2D eigenvalue weighted by Crippen LogP contribution is -2.38. The number of hydrogen-bond acceptors (Lipinski definition) is 4. The molecule has 0 radical (unpaired) electrons. The van der Waals surface area contributed by atoms with Gasteiger partial charge in [0.05, 0.1) is 25.7 Å². The molecule has 1 aliphatic heterocycles. The lowest BCUT2D eigenvalue weighted by Gasteiger charge is -2.18. The molecule has 1 heterocycles. The van der Waals surface area contributed by atoms with Crippen LogP contribution in [0.4, 0.5) is 17.6 Å². The molecule has 1 aliphatic rings. The maximum absolute atomic E-state index is 14.4. The van der Waals surface area contributed by atoms with Crippen LogP contribution in [0.1, 0.15) is 29.6 Å². The number of halogens is 4. The molecular weight excluding hydrogens is 408 g/mol. The molecule has 0 unspecified atom stereocenters. The number of methoxy groups -OCH3 is 1. The van der Waals surface area contributed by atoms with Gasteiger partial charge in [-0.1, -0.05) is 12.1 Å². The van der Waals surface area contributed by atoms with Crippen molar-refractivity contribution in [2.24, 2.45) is 5.73 Å². The van der Waals surface area contributed by atoms with E-state index in [0.29, 0.717) is 16.5 Å². The van der Waals surface area contributed by atoms with Crippen LogP contribution in [0.2, 0.25) is 0 Å². The van der Waals surface area contributed by atoms with Crippen LogP contribution in [0.25, 0.3) is 10.8 Å². The van der Waals surface area contributed by atoms with Gasteiger partial charge in [0.2, 0.25) is 0 Å². The van der Waals surface area contributed by atoms with Gasteiger partial charge in [-0.3, -0.25) is 9.59 Å². The van der Waals surface area contributed by atoms with Crippen LogP contribution in [0.3, 0.4) is 0 Å². The minimum atomic E-state index is -4.77. The van der Waals surface area contributed by atoms with E-state index in [9.17, 15) is 27.2 Å². The summed E-state index contributed by atoms with van der Waals surface area (Å²) in [7, 11) is 1.39. The fourth-order valence-electron chi connectivity index (χ4n) is 3.57. The molecule has 30 heavy (non-hydrogen) atoms. The number of hydrogen-bond donors (Lipinski definition) is 2. The van der Waals surface area contributed by atoms with Gasteiger partial charge in [-0.2, -0.15) is 13.2 Å². The minimum absolute atomic E-state index is 0.0338. The molecule has 2 atom stereocenters. The average molecular weight is 428 g/mol. The lowest BCUT2D eigenvalue weighted by atomic mass is 9.96. The summed E-state index contributed by atoms with van der Waals surface area (Å²) < 4.78 is 62.9. The lowest BCUT2D eigenvalue weighted by molar-refractivity contribution is -0.168. The van der Waals surface area contributed by atoms with Crippen molar-refractivity contribution in [1.29, 1.82) is 0 Å². The average Bonchev–Trinajstić information content (AvgIpc) is 2.92. The number of carbonyl (C=O) groups excluding carboxylic acids is 2. The van der Waals surface area contributed by atoms with Gasteiger partial charge in [-0.15, -0.1) is 0 Å². The summed E-state index contributed by atoms with van der Waals surface area (Å²) >= 11 is 0. The molecule has 0 saturated carbocycles. The molecule has 2 amide bonds. The smallest absolute Gasteiger partial charge is 0.392 e. The number of alkyl halides is 4. The Bertz CT molecular complexity index is 979. The zero-order chi connectivity index (χ0) is 22.1. The molecule has 0 spiro atoms. The topological polar surface area (TPSA) is 90.7 Å². The molecule has 6 nitrogen and oxygen atoms in total. The molecule has 3 N–H and O–H groups in total. The Kier molecular flexibility index (Phi) is 5.78. The first-order valence-corrected chi connectivity index (χ1v) is 9.12. The number of benzene rings is 2. The number of primary amides is 1. The van der Waals surface area contributed by atoms with E-state index in [-0.39, 0.29) is 24.3 Å². The second kappa shape index (κ2) is 8.00. The van der Waals surface area contributed by atoms with Crippen LogP contribution in [-0.4, -0.2) is 43.4 Å². The first-order valence-electron chi connectivity index (χ1n) is 9.12. The van der Waals surface area contributed by atoms with Crippen molar-refractivity contribution in [3.05, 3.63) is 35.9 Å². The Morgan fingerprint density at radius 1 is 1.30 bits per heavy atom. The maximum atomic E-state index is 14.4. The van der Waals surface area contributed by atoms with Gasteiger partial charge in [0.1, 0.15) is 11.5 Å². The third kappa shape index (κ3) is 4.58. The number of amides is 2. The van der Waals surface area contributed by atoms with Crippen molar-refractivity contribution in [3.8, 4) is 11.5 Å². The predicted molar refractivity (Wildman–Crippen MR) is 100 cm³/mol. The van der Waals surface area contributed by atoms with Gasteiger partial charge in [-0.25, -0.2) is 4.39 Å². The van der Waals surface area contributed by atoms with Gasteiger partial charge >= 0.3 is 6.18 Å². The quantitative estimate of drug-likeness (QED) is 0.663. The van der Waals surface area contributed by atoms with E-state index in [2.05, 4.69) is 5.32 Å². The summed E-state index contributed by atoms with van der Waals surface area (Å²) in [6.07, 6.45) is -7.03. The van der Waals surface area contributed by atoms with E-state index in [1.54, 1.807) is 30.3 Å². The molecule has 0 aliphatic carbocycles. The van der Waals surface area contributed by atoms with Crippen LogP contribution in [-0.2, 0) is 4.79 Å². The van der Waals surface area contributed by atoms with Crippen LogP contribution < -0.4 is 20.5 Å². The van der Waals surface area contributed by atoms with Crippen molar-refractivity contribution in [3.63, 3.8) is 0 Å². The Labute approximate surface area is 169 Å². The zero-order valence-corrected chi connectivity index (χ0v) is 16.0. The van der Waals surface area contributed by atoms with Gasteiger partial charge in [0.25, 0.3) is 11.8 Å². The molecule has 2 aromatic carbocycles. The standard InChI is InChI=1S/C20H20F4N2O4/c1-29-16-8-13-11(7-14(16)17(25)27)3-2-4-15(13)30-6-5-12-9-19(21,18(28)26-12)10-20(22,23)24/h2-4,7-8,12H,5-6,9-10H2,1H3,(H2,25,27)(H,26,28)/t12-,19-/m1/s1. The minimum Gasteiger partial charge on any atom is -0.496 e. The van der Waals surface area contributed by atoms with E-state index in [1.165, 1.54) is 7.11 Å². The highest BCUT2D eigenvalue weighted by Gasteiger charge is 2.53. The van der Waals surface area contributed by atoms with Crippen LogP contribution >= 0.6 is 0 Å². The molecular formula is C20H20F4N2O4. The van der Waals surface area contributed by atoms with Crippen molar-refractivity contribution in [2.45, 2.75) is 37.1 Å². The van der Waals surface area contributed by atoms with Crippen LogP contribution in [0.5, 0.6) is 11.5 Å². The molecule has 10 heteroatoms. The number of rotatable bonds is 7. The molecule has 1 saturated heterocycles. The SMILES string of the molecule is COc1cc2c(OCC[C@@H]3C[C@@](F)(CC(F)(F)F)C(=O)N3)cccc2cc1C(N)=O. The Morgan fingerprint density at radius 2 is 2.03 bits per heavy atom. The second-order valence-electron chi connectivity index (χ2n) is 7.16. The third-order valence-electron chi connectivity index (χ3n) is 4.94. The summed E-state index contributed by atoms with van der Waals surface area (Å²) in [5.41, 5.74) is 2.61. The highest BCUT2D eigenvalue weighted by Crippen LogP contribution is 2.38. The first-order chi connectivity index (χ1) is 14.0. The van der Waals surface area contributed by atoms with Crippen LogP contribution in [0.15, 0.2) is 30.3 Å². The third-order valence-corrected chi connectivity index (χ3v) is 4.94.